The molecular formula is C24H27Cl2FN6O3. The van der Waals surface area contributed by atoms with Crippen LogP contribution >= 0.6 is 23.2 Å². The van der Waals surface area contributed by atoms with Gasteiger partial charge in [0.15, 0.2) is 5.65 Å². The summed E-state index contributed by atoms with van der Waals surface area (Å²) in [5.74, 6) is 0.152. The number of rotatable bonds is 6. The van der Waals surface area contributed by atoms with Crippen LogP contribution in [0.3, 0.4) is 0 Å². The maximum atomic E-state index is 13.8. The van der Waals surface area contributed by atoms with Crippen LogP contribution in [0.5, 0.6) is 0 Å². The van der Waals surface area contributed by atoms with Crippen molar-refractivity contribution in [2.24, 2.45) is 5.92 Å². The fraction of sp³-hybridized carbons (Fsp3) is 0.500. The Morgan fingerprint density at radius 3 is 2.47 bits per heavy atom. The zero-order chi connectivity index (χ0) is 25.2. The third-order valence-electron chi connectivity index (χ3n) is 6.83. The Morgan fingerprint density at radius 2 is 1.81 bits per heavy atom. The predicted molar refractivity (Wildman–Crippen MR) is 136 cm³/mol. The zero-order valence-electron chi connectivity index (χ0n) is 19.8. The van der Waals surface area contributed by atoms with Crippen LogP contribution in [0.15, 0.2) is 18.3 Å². The SMILES string of the molecule is COC(=O)C1CCC(n2c(Nc3c(Cl)cc(F)cc3Cl)nc3cnc(NC4CCOCC4)nc32)CC1. The van der Waals surface area contributed by atoms with Gasteiger partial charge in [0.1, 0.15) is 11.3 Å². The van der Waals surface area contributed by atoms with Crippen LogP contribution in [0.1, 0.15) is 44.6 Å². The molecule has 0 amide bonds. The fourth-order valence-corrected chi connectivity index (χ4v) is 5.48. The molecule has 5 rings (SSSR count). The van der Waals surface area contributed by atoms with Gasteiger partial charge < -0.3 is 20.1 Å². The van der Waals surface area contributed by atoms with Crippen molar-refractivity contribution >= 4 is 57.9 Å². The van der Waals surface area contributed by atoms with E-state index >= 15 is 0 Å². The molecule has 2 fully saturated rings. The van der Waals surface area contributed by atoms with Crippen molar-refractivity contribution in [2.45, 2.75) is 50.6 Å². The maximum Gasteiger partial charge on any atom is 0.308 e. The number of hydrogen-bond donors (Lipinski definition) is 2. The van der Waals surface area contributed by atoms with Crippen LogP contribution in [0.25, 0.3) is 11.2 Å². The molecule has 0 atom stereocenters. The minimum Gasteiger partial charge on any atom is -0.469 e. The molecule has 12 heteroatoms. The van der Waals surface area contributed by atoms with Crippen molar-refractivity contribution in [3.8, 4) is 0 Å². The van der Waals surface area contributed by atoms with Crippen LogP contribution in [0, 0.1) is 11.7 Å². The Balaban J connectivity index is 1.51. The Bertz CT molecular complexity index is 1240. The minimum absolute atomic E-state index is 0.0160. The second kappa shape index (κ2) is 10.7. The van der Waals surface area contributed by atoms with Crippen molar-refractivity contribution in [3.05, 3.63) is 34.2 Å². The first-order chi connectivity index (χ1) is 17.4. The first-order valence-electron chi connectivity index (χ1n) is 12.0. The summed E-state index contributed by atoms with van der Waals surface area (Å²) in [7, 11) is 1.42. The summed E-state index contributed by atoms with van der Waals surface area (Å²) < 4.78 is 26.2. The number of hydrogen-bond acceptors (Lipinski definition) is 8. The molecule has 192 valence electrons. The lowest BCUT2D eigenvalue weighted by Crippen LogP contribution is -2.28. The zero-order valence-corrected chi connectivity index (χ0v) is 21.3. The highest BCUT2D eigenvalue weighted by molar-refractivity contribution is 6.39. The molecule has 0 bridgehead atoms. The minimum atomic E-state index is -0.528. The van der Waals surface area contributed by atoms with E-state index in [1.54, 1.807) is 6.20 Å². The Morgan fingerprint density at radius 1 is 1.11 bits per heavy atom. The number of carbonyl (C=O) groups excluding carboxylic acids is 1. The molecule has 2 aromatic heterocycles. The lowest BCUT2D eigenvalue weighted by molar-refractivity contribution is -0.146. The summed E-state index contributed by atoms with van der Waals surface area (Å²) in [6.07, 6.45) is 6.29. The Kier molecular flexibility index (Phi) is 7.45. The van der Waals surface area contributed by atoms with Crippen LogP contribution in [-0.2, 0) is 14.3 Å². The van der Waals surface area contributed by atoms with Crippen molar-refractivity contribution in [1.29, 1.82) is 0 Å². The second-order valence-electron chi connectivity index (χ2n) is 9.14. The first kappa shape index (κ1) is 25.0. The number of ether oxygens (including phenoxy) is 2. The van der Waals surface area contributed by atoms with Crippen LogP contribution in [-0.4, -0.2) is 51.9 Å². The van der Waals surface area contributed by atoms with Gasteiger partial charge in [-0.2, -0.15) is 4.98 Å². The van der Waals surface area contributed by atoms with Gasteiger partial charge in [0, 0.05) is 25.3 Å². The molecule has 0 spiro atoms. The van der Waals surface area contributed by atoms with E-state index in [1.165, 1.54) is 19.2 Å². The smallest absolute Gasteiger partial charge is 0.308 e. The average molecular weight is 537 g/mol. The van der Waals surface area contributed by atoms with Crippen LogP contribution in [0.4, 0.5) is 22.0 Å². The molecule has 1 aliphatic heterocycles. The molecule has 1 aliphatic carbocycles. The van der Waals surface area contributed by atoms with E-state index in [-0.39, 0.29) is 34.0 Å². The van der Waals surface area contributed by atoms with Gasteiger partial charge in [-0.25, -0.2) is 14.4 Å². The number of fused-ring (bicyclic) bond motifs is 1. The molecule has 36 heavy (non-hydrogen) atoms. The number of nitrogens with one attached hydrogen (secondary N) is 2. The van der Waals surface area contributed by atoms with E-state index in [0.29, 0.717) is 54.8 Å². The predicted octanol–water partition coefficient (Wildman–Crippen LogP) is 5.51. The van der Waals surface area contributed by atoms with Gasteiger partial charge in [-0.05, 0) is 50.7 Å². The van der Waals surface area contributed by atoms with Crippen molar-refractivity contribution < 1.29 is 18.7 Å². The summed E-state index contributed by atoms with van der Waals surface area (Å²) in [6.45, 7) is 1.41. The molecular weight excluding hydrogens is 510 g/mol. The van der Waals surface area contributed by atoms with Gasteiger partial charge in [0.25, 0.3) is 0 Å². The third kappa shape index (κ3) is 5.21. The molecule has 1 saturated carbocycles. The number of carbonyl (C=O) groups is 1. The van der Waals surface area contributed by atoms with Gasteiger partial charge in [0.05, 0.1) is 35.0 Å². The lowest BCUT2D eigenvalue weighted by Gasteiger charge is -2.29. The Hall–Kier alpha value is -2.69. The number of aromatic nitrogens is 4. The largest absolute Gasteiger partial charge is 0.469 e. The van der Waals surface area contributed by atoms with E-state index in [4.69, 9.17) is 42.6 Å². The van der Waals surface area contributed by atoms with E-state index < -0.39 is 5.82 Å². The van der Waals surface area contributed by atoms with Crippen molar-refractivity contribution in [1.82, 2.24) is 19.5 Å². The van der Waals surface area contributed by atoms with Gasteiger partial charge >= 0.3 is 5.97 Å². The van der Waals surface area contributed by atoms with Crippen molar-refractivity contribution in [3.63, 3.8) is 0 Å². The number of benzene rings is 1. The standard InChI is InChI=1S/C24H27Cl2FN6O3/c1-35-22(34)13-2-4-16(5-3-13)33-21-19(12-28-23(32-21)29-15-6-8-36-9-7-15)30-24(33)31-20-17(25)10-14(27)11-18(20)26/h10-13,15-16H,2-9H2,1H3,(H,30,31)(H,28,29,32). The third-order valence-corrected chi connectivity index (χ3v) is 7.42. The number of halogens is 3. The van der Waals surface area contributed by atoms with Gasteiger partial charge in [-0.3, -0.25) is 9.36 Å². The molecule has 3 heterocycles. The number of methoxy groups -OCH3 is 1. The molecule has 0 radical (unpaired) electrons. The van der Waals surface area contributed by atoms with Gasteiger partial charge in [-0.1, -0.05) is 23.2 Å². The van der Waals surface area contributed by atoms with E-state index in [1.807, 2.05) is 4.57 Å². The number of anilines is 3. The quantitative estimate of drug-likeness (QED) is 0.397. The van der Waals surface area contributed by atoms with Crippen LogP contribution < -0.4 is 10.6 Å². The van der Waals surface area contributed by atoms with E-state index in [0.717, 1.165) is 25.7 Å². The topological polar surface area (TPSA) is 103 Å². The van der Waals surface area contributed by atoms with E-state index in [2.05, 4.69) is 15.6 Å². The number of esters is 1. The summed E-state index contributed by atoms with van der Waals surface area (Å²) >= 11 is 12.6. The first-order valence-corrected chi connectivity index (χ1v) is 12.8. The normalized spacial score (nSPS) is 20.9. The molecule has 2 aliphatic rings. The van der Waals surface area contributed by atoms with Crippen molar-refractivity contribution in [2.75, 3.05) is 31.0 Å². The van der Waals surface area contributed by atoms with E-state index in [9.17, 15) is 9.18 Å². The highest BCUT2D eigenvalue weighted by Crippen LogP contribution is 2.39. The summed E-state index contributed by atoms with van der Waals surface area (Å²) in [5.41, 5.74) is 1.60. The molecule has 2 N–H and O–H groups in total. The Labute approximate surface area is 217 Å². The maximum absolute atomic E-state index is 13.8. The highest BCUT2D eigenvalue weighted by Gasteiger charge is 2.31. The second-order valence-corrected chi connectivity index (χ2v) is 9.95. The molecule has 1 saturated heterocycles. The fourth-order valence-electron chi connectivity index (χ4n) is 4.93. The molecule has 1 aromatic carbocycles. The van der Waals surface area contributed by atoms with Gasteiger partial charge in [0.2, 0.25) is 11.9 Å². The summed E-state index contributed by atoms with van der Waals surface area (Å²) in [4.78, 5) is 26.1. The molecule has 9 nitrogen and oxygen atoms in total. The summed E-state index contributed by atoms with van der Waals surface area (Å²) in [6, 6.07) is 2.64. The average Bonchev–Trinajstić information content (AvgIpc) is 3.23. The summed E-state index contributed by atoms with van der Waals surface area (Å²) in [5, 5.41) is 6.88. The van der Waals surface area contributed by atoms with Gasteiger partial charge in [-0.15, -0.1) is 0 Å². The van der Waals surface area contributed by atoms with Crippen LogP contribution in [0.2, 0.25) is 10.0 Å². The number of imidazole rings is 1. The molecule has 3 aromatic rings. The molecule has 0 unspecified atom stereocenters. The lowest BCUT2D eigenvalue weighted by atomic mass is 9.86. The number of nitrogens with zero attached hydrogens (tertiary/aromatic N) is 4. The monoisotopic (exact) mass is 536 g/mol. The highest BCUT2D eigenvalue weighted by atomic mass is 35.5.